The van der Waals surface area contributed by atoms with E-state index < -0.39 is 10.0 Å². The van der Waals surface area contributed by atoms with Crippen LogP contribution in [0.4, 0.5) is 0 Å². The Morgan fingerprint density at radius 1 is 1.32 bits per heavy atom. The number of sulfonamides is 1. The Kier molecular flexibility index (Phi) is 3.64. The van der Waals surface area contributed by atoms with Gasteiger partial charge >= 0.3 is 0 Å². The number of hydrogen-bond acceptors (Lipinski definition) is 4. The number of nitrogens with two attached hydrogens (primary N) is 1. The third-order valence-electron chi connectivity index (χ3n) is 3.42. The second-order valence-corrected chi connectivity index (χ2v) is 6.90. The fourth-order valence-electron chi connectivity index (χ4n) is 2.41. The predicted octanol–water partition coefficient (Wildman–Crippen LogP) is 1.54. The number of rotatable bonds is 3. The molecule has 1 aliphatic rings. The number of halogens is 1. The van der Waals surface area contributed by atoms with Gasteiger partial charge in [0.25, 0.3) is 5.91 Å². The number of aromatic nitrogens is 1. The minimum absolute atomic E-state index is 0.0220. The van der Waals surface area contributed by atoms with Crippen molar-refractivity contribution >= 4 is 27.5 Å². The Morgan fingerprint density at radius 3 is 2.73 bits per heavy atom. The highest BCUT2D eigenvalue weighted by Crippen LogP contribution is 2.31. The molecule has 0 unspecified atom stereocenters. The lowest BCUT2D eigenvalue weighted by atomic mass is 10.1. The lowest BCUT2D eigenvalue weighted by Gasteiger charge is -2.14. The first-order chi connectivity index (χ1) is 10.4. The monoisotopic (exact) mass is 337 g/mol. The van der Waals surface area contributed by atoms with Crippen LogP contribution in [0, 0.1) is 0 Å². The maximum atomic E-state index is 12.4. The van der Waals surface area contributed by atoms with Crippen LogP contribution < -0.4 is 5.14 Å². The molecule has 2 N–H and O–H groups in total. The molecule has 6 nitrogen and oxygen atoms in total. The van der Waals surface area contributed by atoms with Crippen LogP contribution in [0.25, 0.3) is 0 Å². The summed E-state index contributed by atoms with van der Waals surface area (Å²) in [6, 6.07) is 8.17. The second-order valence-electron chi connectivity index (χ2n) is 4.97. The summed E-state index contributed by atoms with van der Waals surface area (Å²) in [5.74, 6) is -0.262. The third kappa shape index (κ3) is 2.70. The molecule has 0 saturated heterocycles. The van der Waals surface area contributed by atoms with Gasteiger partial charge in [-0.2, -0.15) is 0 Å². The van der Waals surface area contributed by atoms with Crippen LogP contribution in [0.2, 0.25) is 5.02 Å². The van der Waals surface area contributed by atoms with E-state index in [2.05, 4.69) is 4.98 Å². The highest BCUT2D eigenvalue weighted by Gasteiger charge is 2.30. The molecule has 8 heteroatoms. The number of primary sulfonamides is 1. The summed E-state index contributed by atoms with van der Waals surface area (Å²) >= 11 is 5.95. The summed E-state index contributed by atoms with van der Waals surface area (Å²) in [7, 11) is -3.97. The standard InChI is InChI=1S/C14H12ClN3O3S/c15-12-5-9-7-18(8-10-3-1-2-4-17-10)14(19)11(9)6-13(12)22(16,20)21/h1-6H,7-8H2,(H2,16,20,21). The summed E-state index contributed by atoms with van der Waals surface area (Å²) in [5, 5.41) is 5.13. The Labute approximate surface area is 132 Å². The Hall–Kier alpha value is -1.96. The van der Waals surface area contributed by atoms with Crippen molar-refractivity contribution in [3.63, 3.8) is 0 Å². The zero-order valence-corrected chi connectivity index (χ0v) is 12.9. The summed E-state index contributed by atoms with van der Waals surface area (Å²) in [4.78, 5) is 17.9. The number of fused-ring (bicyclic) bond motifs is 1. The number of hydrogen-bond donors (Lipinski definition) is 1. The van der Waals surface area contributed by atoms with E-state index in [1.165, 1.54) is 12.1 Å². The highest BCUT2D eigenvalue weighted by molar-refractivity contribution is 7.89. The average molecular weight is 338 g/mol. The molecule has 0 spiro atoms. The molecule has 0 saturated carbocycles. The van der Waals surface area contributed by atoms with Crippen molar-refractivity contribution in [3.8, 4) is 0 Å². The Morgan fingerprint density at radius 2 is 2.09 bits per heavy atom. The van der Waals surface area contributed by atoms with Crippen LogP contribution in [0.1, 0.15) is 21.6 Å². The summed E-state index contributed by atoms with van der Waals surface area (Å²) in [5.41, 5.74) is 1.74. The van der Waals surface area contributed by atoms with Gasteiger partial charge in [0.15, 0.2) is 0 Å². The molecule has 0 atom stereocenters. The SMILES string of the molecule is NS(=O)(=O)c1cc2c(cc1Cl)CN(Cc1ccccn1)C2=O. The molecule has 0 aliphatic carbocycles. The van der Waals surface area contributed by atoms with Crippen molar-refractivity contribution in [2.75, 3.05) is 0 Å². The van der Waals surface area contributed by atoms with Gasteiger partial charge in [0.05, 0.1) is 17.3 Å². The van der Waals surface area contributed by atoms with Crippen LogP contribution >= 0.6 is 11.6 Å². The van der Waals surface area contributed by atoms with Crippen LogP contribution in [0.3, 0.4) is 0 Å². The lowest BCUT2D eigenvalue weighted by Crippen LogP contribution is -2.23. The first-order valence-electron chi connectivity index (χ1n) is 6.40. The van der Waals surface area contributed by atoms with Crippen molar-refractivity contribution in [3.05, 3.63) is 58.4 Å². The van der Waals surface area contributed by atoms with E-state index in [0.717, 1.165) is 5.69 Å². The summed E-state index contributed by atoms with van der Waals surface area (Å²) in [6.07, 6.45) is 1.65. The topological polar surface area (TPSA) is 93.4 Å². The molecule has 2 heterocycles. The first kappa shape index (κ1) is 15.0. The van der Waals surface area contributed by atoms with E-state index in [1.54, 1.807) is 17.2 Å². The summed E-state index contributed by atoms with van der Waals surface area (Å²) < 4.78 is 23.0. The first-order valence-corrected chi connectivity index (χ1v) is 8.33. The number of benzene rings is 1. The largest absolute Gasteiger partial charge is 0.328 e. The average Bonchev–Trinajstić information content (AvgIpc) is 2.74. The van der Waals surface area contributed by atoms with Crippen LogP contribution in [-0.2, 0) is 23.1 Å². The van der Waals surface area contributed by atoms with E-state index in [4.69, 9.17) is 16.7 Å². The fourth-order valence-corrected chi connectivity index (χ4v) is 3.53. The Balaban J connectivity index is 1.94. The van der Waals surface area contributed by atoms with Crippen LogP contribution in [0.15, 0.2) is 41.4 Å². The smallest absolute Gasteiger partial charge is 0.254 e. The molecule has 0 radical (unpaired) electrons. The van der Waals surface area contributed by atoms with Crippen LogP contribution in [0.5, 0.6) is 0 Å². The van der Waals surface area contributed by atoms with E-state index in [0.29, 0.717) is 24.2 Å². The molecular weight excluding hydrogens is 326 g/mol. The van der Waals surface area contributed by atoms with Gasteiger partial charge in [0.1, 0.15) is 4.90 Å². The zero-order chi connectivity index (χ0) is 15.9. The number of carbonyl (C=O) groups excluding carboxylic acids is 1. The van der Waals surface area contributed by atoms with Gasteiger partial charge in [-0.1, -0.05) is 17.7 Å². The zero-order valence-electron chi connectivity index (χ0n) is 11.4. The number of pyridine rings is 1. The molecule has 0 fully saturated rings. The number of nitrogens with zero attached hydrogens (tertiary/aromatic N) is 2. The van der Waals surface area contributed by atoms with E-state index in [-0.39, 0.29) is 15.8 Å². The maximum Gasteiger partial charge on any atom is 0.254 e. The van der Waals surface area contributed by atoms with E-state index in [1.807, 2.05) is 12.1 Å². The molecule has 1 aromatic carbocycles. The van der Waals surface area contributed by atoms with Crippen molar-refractivity contribution in [2.45, 2.75) is 18.0 Å². The van der Waals surface area contributed by atoms with Crippen molar-refractivity contribution < 1.29 is 13.2 Å². The molecule has 1 amide bonds. The lowest BCUT2D eigenvalue weighted by molar-refractivity contribution is 0.0764. The minimum Gasteiger partial charge on any atom is -0.328 e. The van der Waals surface area contributed by atoms with Crippen molar-refractivity contribution in [1.29, 1.82) is 0 Å². The second kappa shape index (κ2) is 5.35. The molecular formula is C14H12ClN3O3S. The van der Waals surface area contributed by atoms with Gasteiger partial charge < -0.3 is 4.90 Å². The van der Waals surface area contributed by atoms with Gasteiger partial charge in [-0.15, -0.1) is 0 Å². The summed E-state index contributed by atoms with van der Waals surface area (Å²) in [6.45, 7) is 0.700. The molecule has 0 bridgehead atoms. The predicted molar refractivity (Wildman–Crippen MR) is 80.6 cm³/mol. The van der Waals surface area contributed by atoms with Gasteiger partial charge in [-0.25, -0.2) is 13.6 Å². The van der Waals surface area contributed by atoms with Crippen molar-refractivity contribution in [1.82, 2.24) is 9.88 Å². The third-order valence-corrected chi connectivity index (χ3v) is 4.80. The minimum atomic E-state index is -3.97. The molecule has 1 aliphatic heterocycles. The van der Waals surface area contributed by atoms with Gasteiger partial charge in [-0.3, -0.25) is 9.78 Å². The fraction of sp³-hybridized carbons (Fsp3) is 0.143. The molecule has 1 aromatic heterocycles. The number of amides is 1. The van der Waals surface area contributed by atoms with Gasteiger partial charge in [0.2, 0.25) is 10.0 Å². The van der Waals surface area contributed by atoms with E-state index >= 15 is 0 Å². The normalized spacial score (nSPS) is 14.3. The van der Waals surface area contributed by atoms with Gasteiger partial charge in [-0.05, 0) is 29.8 Å². The van der Waals surface area contributed by atoms with Crippen LogP contribution in [-0.4, -0.2) is 24.2 Å². The highest BCUT2D eigenvalue weighted by atomic mass is 35.5. The molecule has 2 aromatic rings. The van der Waals surface area contributed by atoms with Gasteiger partial charge in [0, 0.05) is 18.3 Å². The molecule has 22 heavy (non-hydrogen) atoms. The number of carbonyl (C=O) groups is 1. The molecule has 3 rings (SSSR count). The van der Waals surface area contributed by atoms with Crippen molar-refractivity contribution in [2.24, 2.45) is 5.14 Å². The van der Waals surface area contributed by atoms with E-state index in [9.17, 15) is 13.2 Å². The Bertz CT molecular complexity index is 853. The maximum absolute atomic E-state index is 12.4. The molecule has 114 valence electrons. The quantitative estimate of drug-likeness (QED) is 0.919.